The van der Waals surface area contributed by atoms with Crippen molar-refractivity contribution in [3.8, 4) is 0 Å². The molecular formula is C26H23N3O2. The van der Waals surface area contributed by atoms with Crippen molar-refractivity contribution in [2.24, 2.45) is 0 Å². The van der Waals surface area contributed by atoms with Crippen molar-refractivity contribution >= 4 is 22.5 Å². The Balaban J connectivity index is 1.63. The van der Waals surface area contributed by atoms with E-state index in [0.717, 1.165) is 16.8 Å². The van der Waals surface area contributed by atoms with Crippen molar-refractivity contribution in [3.63, 3.8) is 0 Å². The second-order valence-corrected chi connectivity index (χ2v) is 7.82. The van der Waals surface area contributed by atoms with Crippen LogP contribution in [0, 0.1) is 0 Å². The van der Waals surface area contributed by atoms with Crippen LogP contribution in [0.4, 0.5) is 5.69 Å². The monoisotopic (exact) mass is 409 g/mol. The standard InChI is InChI=1S/C26H23N3O2/c1-2-28-23-15-9-7-12-19(23)21(26(28)31)16-24-27-22-14-8-6-13-20(22)25(30)29(24)17-18-10-4-3-5-11-18/h3-15,21H,2,16-17H2,1H3. The Morgan fingerprint density at radius 3 is 2.39 bits per heavy atom. The highest BCUT2D eigenvalue weighted by molar-refractivity contribution is 6.05. The van der Waals surface area contributed by atoms with E-state index in [0.29, 0.717) is 36.2 Å². The van der Waals surface area contributed by atoms with Crippen molar-refractivity contribution in [2.75, 3.05) is 11.4 Å². The molecule has 0 saturated heterocycles. The second kappa shape index (κ2) is 7.84. The quantitative estimate of drug-likeness (QED) is 0.498. The normalized spacial score (nSPS) is 15.5. The number of carbonyl (C=O) groups is 1. The Bertz CT molecular complexity index is 1330. The maximum atomic E-state index is 13.4. The predicted octanol–water partition coefficient (Wildman–Crippen LogP) is 4.14. The summed E-state index contributed by atoms with van der Waals surface area (Å²) < 4.78 is 1.72. The van der Waals surface area contributed by atoms with E-state index in [1.165, 1.54) is 0 Å². The minimum Gasteiger partial charge on any atom is -0.312 e. The molecule has 5 heteroatoms. The molecule has 3 aromatic carbocycles. The molecule has 0 fully saturated rings. The fraction of sp³-hybridized carbons (Fsp3) is 0.192. The molecule has 31 heavy (non-hydrogen) atoms. The van der Waals surface area contributed by atoms with E-state index in [1.54, 1.807) is 4.57 Å². The summed E-state index contributed by atoms with van der Waals surface area (Å²) in [6.07, 6.45) is 0.388. The fourth-order valence-electron chi connectivity index (χ4n) is 4.47. The maximum Gasteiger partial charge on any atom is 0.261 e. The van der Waals surface area contributed by atoms with E-state index >= 15 is 0 Å². The number of amides is 1. The zero-order chi connectivity index (χ0) is 21.4. The van der Waals surface area contributed by atoms with E-state index < -0.39 is 0 Å². The molecule has 0 radical (unpaired) electrons. The number of anilines is 1. The van der Waals surface area contributed by atoms with Crippen molar-refractivity contribution < 1.29 is 4.79 Å². The highest BCUT2D eigenvalue weighted by Crippen LogP contribution is 2.38. The van der Waals surface area contributed by atoms with E-state index in [4.69, 9.17) is 4.98 Å². The number of hydrogen-bond acceptors (Lipinski definition) is 3. The van der Waals surface area contributed by atoms with Gasteiger partial charge in [0.05, 0.1) is 23.4 Å². The van der Waals surface area contributed by atoms with Gasteiger partial charge in [0.25, 0.3) is 5.56 Å². The van der Waals surface area contributed by atoms with Gasteiger partial charge in [0.15, 0.2) is 0 Å². The molecule has 2 heterocycles. The summed E-state index contributed by atoms with van der Waals surface area (Å²) >= 11 is 0. The molecule has 154 valence electrons. The lowest BCUT2D eigenvalue weighted by Gasteiger charge is -2.17. The van der Waals surface area contributed by atoms with Crippen LogP contribution in [-0.4, -0.2) is 22.0 Å². The number of rotatable bonds is 5. The van der Waals surface area contributed by atoms with Gasteiger partial charge in [-0.05, 0) is 36.2 Å². The smallest absolute Gasteiger partial charge is 0.261 e. The largest absolute Gasteiger partial charge is 0.312 e. The predicted molar refractivity (Wildman–Crippen MR) is 122 cm³/mol. The van der Waals surface area contributed by atoms with Crippen LogP contribution >= 0.6 is 0 Å². The average molecular weight is 409 g/mol. The van der Waals surface area contributed by atoms with Gasteiger partial charge in [-0.2, -0.15) is 0 Å². The Kier molecular flexibility index (Phi) is 4.86. The maximum absolute atomic E-state index is 13.4. The summed E-state index contributed by atoms with van der Waals surface area (Å²) in [5.74, 6) is 0.363. The first-order valence-corrected chi connectivity index (χ1v) is 10.6. The third-order valence-electron chi connectivity index (χ3n) is 5.99. The molecule has 1 unspecified atom stereocenters. The molecule has 1 aliphatic rings. The Morgan fingerprint density at radius 1 is 0.871 bits per heavy atom. The van der Waals surface area contributed by atoms with Crippen LogP contribution in [0.5, 0.6) is 0 Å². The van der Waals surface area contributed by atoms with Gasteiger partial charge in [0, 0.05) is 18.7 Å². The van der Waals surface area contributed by atoms with Gasteiger partial charge in [-0.1, -0.05) is 60.7 Å². The van der Waals surface area contributed by atoms with Gasteiger partial charge < -0.3 is 4.90 Å². The second-order valence-electron chi connectivity index (χ2n) is 7.82. The van der Waals surface area contributed by atoms with E-state index in [-0.39, 0.29) is 17.4 Å². The van der Waals surface area contributed by atoms with Gasteiger partial charge in [-0.25, -0.2) is 4.98 Å². The zero-order valence-corrected chi connectivity index (χ0v) is 17.4. The Morgan fingerprint density at radius 2 is 1.58 bits per heavy atom. The van der Waals surface area contributed by atoms with E-state index in [1.807, 2.05) is 90.7 Å². The first-order valence-electron chi connectivity index (χ1n) is 10.6. The van der Waals surface area contributed by atoms with Gasteiger partial charge in [0.2, 0.25) is 5.91 Å². The van der Waals surface area contributed by atoms with Crippen LogP contribution in [0.3, 0.4) is 0 Å². The van der Waals surface area contributed by atoms with Crippen molar-refractivity contribution in [3.05, 3.63) is 106 Å². The molecule has 0 aliphatic carbocycles. The lowest BCUT2D eigenvalue weighted by atomic mass is 9.96. The molecule has 0 spiro atoms. The van der Waals surface area contributed by atoms with Crippen LogP contribution < -0.4 is 10.5 Å². The van der Waals surface area contributed by atoms with Crippen LogP contribution in [0.15, 0.2) is 83.7 Å². The number of fused-ring (bicyclic) bond motifs is 2. The number of carbonyl (C=O) groups excluding carboxylic acids is 1. The lowest BCUT2D eigenvalue weighted by Crippen LogP contribution is -2.31. The van der Waals surface area contributed by atoms with E-state index in [9.17, 15) is 9.59 Å². The highest BCUT2D eigenvalue weighted by Gasteiger charge is 2.37. The third-order valence-corrected chi connectivity index (χ3v) is 5.99. The number of nitrogens with zero attached hydrogens (tertiary/aromatic N) is 3. The molecule has 0 bridgehead atoms. The molecule has 1 atom stereocenters. The molecule has 4 aromatic rings. The average Bonchev–Trinajstić information content (AvgIpc) is 3.08. The van der Waals surface area contributed by atoms with Gasteiger partial charge in [0.1, 0.15) is 5.82 Å². The Hall–Kier alpha value is -3.73. The molecule has 1 aromatic heterocycles. The summed E-state index contributed by atoms with van der Waals surface area (Å²) in [6, 6.07) is 25.2. The van der Waals surface area contributed by atoms with Gasteiger partial charge in [-0.15, -0.1) is 0 Å². The van der Waals surface area contributed by atoms with Crippen LogP contribution in [0.2, 0.25) is 0 Å². The van der Waals surface area contributed by atoms with Crippen molar-refractivity contribution in [1.82, 2.24) is 9.55 Å². The van der Waals surface area contributed by atoms with Crippen LogP contribution in [0.25, 0.3) is 10.9 Å². The molecule has 5 nitrogen and oxygen atoms in total. The lowest BCUT2D eigenvalue weighted by molar-refractivity contribution is -0.119. The molecule has 1 aliphatic heterocycles. The van der Waals surface area contributed by atoms with E-state index in [2.05, 4.69) is 0 Å². The van der Waals surface area contributed by atoms with Gasteiger partial charge in [-0.3, -0.25) is 14.2 Å². The number of aromatic nitrogens is 2. The molecule has 1 amide bonds. The van der Waals surface area contributed by atoms with Crippen LogP contribution in [0.1, 0.15) is 29.8 Å². The topological polar surface area (TPSA) is 55.2 Å². The molecule has 0 N–H and O–H groups in total. The molecule has 0 saturated carbocycles. The number of benzene rings is 3. The summed E-state index contributed by atoms with van der Waals surface area (Å²) in [5, 5.41) is 0.593. The minimum atomic E-state index is -0.341. The number of hydrogen-bond donors (Lipinski definition) is 0. The zero-order valence-electron chi connectivity index (χ0n) is 17.4. The number of para-hydroxylation sites is 2. The molecule has 5 rings (SSSR count). The highest BCUT2D eigenvalue weighted by atomic mass is 16.2. The summed E-state index contributed by atoms with van der Waals surface area (Å²) in [7, 11) is 0. The first-order chi connectivity index (χ1) is 15.2. The molecular weight excluding hydrogens is 386 g/mol. The Labute approximate surface area is 180 Å². The summed E-state index contributed by atoms with van der Waals surface area (Å²) in [5.41, 5.74) is 3.57. The summed E-state index contributed by atoms with van der Waals surface area (Å²) in [4.78, 5) is 33.3. The van der Waals surface area contributed by atoms with Crippen molar-refractivity contribution in [2.45, 2.75) is 25.8 Å². The third kappa shape index (κ3) is 3.32. The number of likely N-dealkylation sites (N-methyl/N-ethyl adjacent to an activating group) is 1. The SMILES string of the molecule is CCN1C(=O)C(Cc2nc3ccccc3c(=O)n2Cc2ccccc2)c2ccccc21. The first kappa shape index (κ1) is 19.2. The van der Waals surface area contributed by atoms with Gasteiger partial charge >= 0.3 is 0 Å². The minimum absolute atomic E-state index is 0.0670. The van der Waals surface area contributed by atoms with Crippen LogP contribution in [-0.2, 0) is 17.8 Å². The summed E-state index contributed by atoms with van der Waals surface area (Å²) in [6.45, 7) is 3.03. The fourth-order valence-corrected chi connectivity index (χ4v) is 4.47. The van der Waals surface area contributed by atoms with Crippen molar-refractivity contribution in [1.29, 1.82) is 0 Å².